The van der Waals surface area contributed by atoms with Crippen molar-refractivity contribution in [3.05, 3.63) is 35.3 Å². The predicted octanol–water partition coefficient (Wildman–Crippen LogP) is 4.48. The van der Waals surface area contributed by atoms with Gasteiger partial charge in [-0.3, -0.25) is 0 Å². The molecule has 2 aromatic rings. The van der Waals surface area contributed by atoms with Gasteiger partial charge in [0.15, 0.2) is 0 Å². The minimum absolute atomic E-state index is 0.1000. The third-order valence-electron chi connectivity index (χ3n) is 3.12. The van der Waals surface area contributed by atoms with Crippen molar-refractivity contribution in [1.82, 2.24) is 15.5 Å². The standard InChI is InChI=1S/C17H22ClN3O4S/c1-17(2,3)24-16(22)19-7-6-13(12-5-8-21-25-12)26-14-9-15(23-4)20-10-11(14)18/h5,8-10,13H,6-7H2,1-4H3,(H,19,22)/t13-/m1/s1. The Labute approximate surface area is 161 Å². The van der Waals surface area contributed by atoms with E-state index in [1.165, 1.54) is 11.8 Å². The summed E-state index contributed by atoms with van der Waals surface area (Å²) in [5.41, 5.74) is -0.537. The van der Waals surface area contributed by atoms with Crippen molar-refractivity contribution in [2.24, 2.45) is 0 Å². The molecule has 1 N–H and O–H groups in total. The zero-order chi connectivity index (χ0) is 19.2. The number of hydrogen-bond acceptors (Lipinski definition) is 7. The van der Waals surface area contributed by atoms with E-state index in [-0.39, 0.29) is 5.25 Å². The Morgan fingerprint density at radius 3 is 2.85 bits per heavy atom. The smallest absolute Gasteiger partial charge is 0.407 e. The quantitative estimate of drug-likeness (QED) is 0.686. The normalized spacial score (nSPS) is 12.5. The molecule has 0 spiro atoms. The lowest BCUT2D eigenvalue weighted by Crippen LogP contribution is -2.33. The highest BCUT2D eigenvalue weighted by molar-refractivity contribution is 7.99. The summed E-state index contributed by atoms with van der Waals surface area (Å²) in [6.45, 7) is 5.86. The number of amides is 1. The molecule has 0 aliphatic carbocycles. The molecule has 1 amide bonds. The number of pyridine rings is 1. The second-order valence-electron chi connectivity index (χ2n) is 6.40. The molecule has 0 saturated heterocycles. The fourth-order valence-electron chi connectivity index (χ4n) is 2.03. The molecule has 0 saturated carbocycles. The molecule has 26 heavy (non-hydrogen) atoms. The highest BCUT2D eigenvalue weighted by Gasteiger charge is 2.21. The Balaban J connectivity index is 2.03. The monoisotopic (exact) mass is 399 g/mol. The maximum absolute atomic E-state index is 11.8. The highest BCUT2D eigenvalue weighted by atomic mass is 35.5. The molecule has 2 heterocycles. The van der Waals surface area contributed by atoms with E-state index in [2.05, 4.69) is 15.5 Å². The number of carbonyl (C=O) groups excluding carboxylic acids is 1. The first-order valence-corrected chi connectivity index (χ1v) is 9.28. The fourth-order valence-corrected chi connectivity index (χ4v) is 3.38. The topological polar surface area (TPSA) is 86.5 Å². The van der Waals surface area contributed by atoms with Crippen LogP contribution in [0, 0.1) is 0 Å². The lowest BCUT2D eigenvalue weighted by molar-refractivity contribution is 0.0527. The Bertz CT molecular complexity index is 719. The SMILES string of the molecule is COc1cc(S[C@H](CCNC(=O)OC(C)(C)C)c2ccno2)c(Cl)cn1. The van der Waals surface area contributed by atoms with Crippen LogP contribution in [0.2, 0.25) is 5.02 Å². The maximum Gasteiger partial charge on any atom is 0.407 e. The van der Waals surface area contributed by atoms with Crippen molar-refractivity contribution in [3.63, 3.8) is 0 Å². The number of halogens is 1. The number of nitrogens with zero attached hydrogens (tertiary/aromatic N) is 2. The van der Waals surface area contributed by atoms with Gasteiger partial charge in [0.2, 0.25) is 5.88 Å². The fraction of sp³-hybridized carbons (Fsp3) is 0.471. The largest absolute Gasteiger partial charge is 0.481 e. The van der Waals surface area contributed by atoms with Gasteiger partial charge in [-0.2, -0.15) is 0 Å². The Kier molecular flexibility index (Phi) is 7.16. The molecule has 142 valence electrons. The van der Waals surface area contributed by atoms with E-state index >= 15 is 0 Å². The maximum atomic E-state index is 11.8. The molecule has 0 aliphatic rings. The number of alkyl carbamates (subject to hydrolysis) is 1. The van der Waals surface area contributed by atoms with Crippen LogP contribution in [0.1, 0.15) is 38.2 Å². The number of methoxy groups -OCH3 is 1. The van der Waals surface area contributed by atoms with E-state index < -0.39 is 11.7 Å². The molecule has 0 bridgehead atoms. The van der Waals surface area contributed by atoms with Gasteiger partial charge in [0, 0.05) is 23.6 Å². The number of carbonyl (C=O) groups is 1. The zero-order valence-electron chi connectivity index (χ0n) is 15.1. The van der Waals surface area contributed by atoms with E-state index in [0.29, 0.717) is 29.6 Å². The Morgan fingerprint density at radius 2 is 2.23 bits per heavy atom. The summed E-state index contributed by atoms with van der Waals surface area (Å²) in [4.78, 5) is 16.7. The van der Waals surface area contributed by atoms with Crippen molar-refractivity contribution in [2.75, 3.05) is 13.7 Å². The summed E-state index contributed by atoms with van der Waals surface area (Å²) in [6, 6.07) is 3.55. The predicted molar refractivity (Wildman–Crippen MR) is 99.8 cm³/mol. The molecule has 0 unspecified atom stereocenters. The summed E-state index contributed by atoms with van der Waals surface area (Å²) >= 11 is 7.73. The molecule has 7 nitrogen and oxygen atoms in total. The van der Waals surface area contributed by atoms with Crippen LogP contribution < -0.4 is 10.1 Å². The van der Waals surface area contributed by atoms with Gasteiger partial charge < -0.3 is 19.3 Å². The number of rotatable bonds is 7. The molecular formula is C17H22ClN3O4S. The van der Waals surface area contributed by atoms with Gasteiger partial charge in [-0.15, -0.1) is 11.8 Å². The van der Waals surface area contributed by atoms with E-state index in [4.69, 9.17) is 25.6 Å². The van der Waals surface area contributed by atoms with Crippen molar-refractivity contribution < 1.29 is 18.8 Å². The summed E-state index contributed by atoms with van der Waals surface area (Å²) in [6.07, 6.45) is 3.26. The van der Waals surface area contributed by atoms with Crippen LogP contribution in [0.5, 0.6) is 5.88 Å². The van der Waals surface area contributed by atoms with E-state index in [1.807, 2.05) is 20.8 Å². The molecule has 2 aromatic heterocycles. The summed E-state index contributed by atoms with van der Waals surface area (Å²) in [5, 5.41) is 6.92. The van der Waals surface area contributed by atoms with Gasteiger partial charge in [-0.05, 0) is 27.2 Å². The molecule has 1 atom stereocenters. The highest BCUT2D eigenvalue weighted by Crippen LogP contribution is 2.41. The van der Waals surface area contributed by atoms with Crippen molar-refractivity contribution in [2.45, 2.75) is 42.9 Å². The van der Waals surface area contributed by atoms with E-state index in [9.17, 15) is 4.79 Å². The molecule has 0 radical (unpaired) electrons. The molecule has 2 rings (SSSR count). The summed E-state index contributed by atoms with van der Waals surface area (Å²) in [5.74, 6) is 1.16. The molecular weight excluding hydrogens is 378 g/mol. The average molecular weight is 400 g/mol. The number of aromatic nitrogens is 2. The van der Waals surface area contributed by atoms with Gasteiger partial charge in [0.25, 0.3) is 0 Å². The molecule has 0 aromatic carbocycles. The van der Waals surface area contributed by atoms with Gasteiger partial charge in [-0.25, -0.2) is 9.78 Å². The Morgan fingerprint density at radius 1 is 1.46 bits per heavy atom. The van der Waals surface area contributed by atoms with Crippen LogP contribution in [0.4, 0.5) is 4.79 Å². The number of thioether (sulfide) groups is 1. The first-order chi connectivity index (χ1) is 12.3. The van der Waals surface area contributed by atoms with Crippen LogP contribution in [0.25, 0.3) is 0 Å². The van der Waals surface area contributed by atoms with Crippen molar-refractivity contribution in [1.29, 1.82) is 0 Å². The first kappa shape index (κ1) is 20.4. The zero-order valence-corrected chi connectivity index (χ0v) is 16.7. The van der Waals surface area contributed by atoms with E-state index in [0.717, 1.165) is 4.90 Å². The number of ether oxygens (including phenoxy) is 2. The lowest BCUT2D eigenvalue weighted by atomic mass is 10.2. The van der Waals surface area contributed by atoms with Gasteiger partial charge in [-0.1, -0.05) is 16.8 Å². The van der Waals surface area contributed by atoms with Crippen LogP contribution in [0.3, 0.4) is 0 Å². The minimum atomic E-state index is -0.537. The van der Waals surface area contributed by atoms with Crippen molar-refractivity contribution in [3.8, 4) is 5.88 Å². The van der Waals surface area contributed by atoms with Crippen LogP contribution >= 0.6 is 23.4 Å². The third kappa shape index (κ3) is 6.42. The lowest BCUT2D eigenvalue weighted by Gasteiger charge is -2.20. The van der Waals surface area contributed by atoms with Crippen molar-refractivity contribution >= 4 is 29.5 Å². The summed E-state index contributed by atoms with van der Waals surface area (Å²) < 4.78 is 15.7. The molecule has 0 aliphatic heterocycles. The third-order valence-corrected chi connectivity index (χ3v) is 4.88. The average Bonchev–Trinajstić information content (AvgIpc) is 3.08. The van der Waals surface area contributed by atoms with Gasteiger partial charge in [0.1, 0.15) is 11.4 Å². The molecule has 9 heteroatoms. The van der Waals surface area contributed by atoms with Gasteiger partial charge in [0.05, 0.1) is 29.8 Å². The van der Waals surface area contributed by atoms with Crippen LogP contribution in [0.15, 0.2) is 33.9 Å². The second-order valence-corrected chi connectivity index (χ2v) is 8.05. The molecule has 0 fully saturated rings. The number of hydrogen-bond donors (Lipinski definition) is 1. The van der Waals surface area contributed by atoms with Gasteiger partial charge >= 0.3 is 6.09 Å². The first-order valence-electron chi connectivity index (χ1n) is 8.02. The number of nitrogens with one attached hydrogen (secondary N) is 1. The second kappa shape index (κ2) is 9.14. The van der Waals surface area contributed by atoms with Crippen LogP contribution in [-0.4, -0.2) is 35.5 Å². The summed E-state index contributed by atoms with van der Waals surface area (Å²) in [7, 11) is 1.55. The van der Waals surface area contributed by atoms with E-state index in [1.54, 1.807) is 31.6 Å². The van der Waals surface area contributed by atoms with Crippen LogP contribution in [-0.2, 0) is 4.74 Å². The minimum Gasteiger partial charge on any atom is -0.481 e. The Hall–Kier alpha value is -1.93.